The Morgan fingerprint density at radius 3 is 2.47 bits per heavy atom. The number of halogens is 1. The van der Waals surface area contributed by atoms with Crippen molar-refractivity contribution in [2.45, 2.75) is 12.2 Å². The van der Waals surface area contributed by atoms with Crippen molar-refractivity contribution in [3.05, 3.63) is 71.3 Å². The third kappa shape index (κ3) is 1.48. The van der Waals surface area contributed by atoms with Crippen LogP contribution < -0.4 is 0 Å². The standard InChI is InChI=1S/C15H13FO/c16-11-15(13-7-2-1-3-8-13)14-9-5-4-6-12(14)10-17-15/h1-9H,10-11H2/t15-/m1/s1. The Balaban J connectivity index is 2.18. The number of benzene rings is 2. The van der Waals surface area contributed by atoms with Crippen LogP contribution in [0, 0.1) is 0 Å². The molecule has 0 N–H and O–H groups in total. The summed E-state index contributed by atoms with van der Waals surface area (Å²) in [5, 5.41) is 0. The van der Waals surface area contributed by atoms with Crippen LogP contribution in [0.3, 0.4) is 0 Å². The topological polar surface area (TPSA) is 9.23 Å². The molecule has 17 heavy (non-hydrogen) atoms. The van der Waals surface area contributed by atoms with Gasteiger partial charge in [-0.1, -0.05) is 54.6 Å². The van der Waals surface area contributed by atoms with Crippen molar-refractivity contribution in [1.29, 1.82) is 0 Å². The Kier molecular flexibility index (Phi) is 2.45. The fraction of sp³-hybridized carbons (Fsp3) is 0.200. The summed E-state index contributed by atoms with van der Waals surface area (Å²) in [6.45, 7) is -0.0526. The fourth-order valence-electron chi connectivity index (χ4n) is 2.45. The van der Waals surface area contributed by atoms with Crippen LogP contribution in [-0.2, 0) is 16.9 Å². The molecule has 1 aliphatic rings. The molecule has 0 aliphatic carbocycles. The average Bonchev–Trinajstić information content (AvgIpc) is 2.80. The second-order valence-corrected chi connectivity index (χ2v) is 4.27. The maximum atomic E-state index is 13.6. The number of hydrogen-bond donors (Lipinski definition) is 0. The van der Waals surface area contributed by atoms with Gasteiger partial charge in [0.05, 0.1) is 6.61 Å². The van der Waals surface area contributed by atoms with E-state index in [0.717, 1.165) is 16.7 Å². The predicted molar refractivity (Wildman–Crippen MR) is 64.4 cm³/mol. The molecule has 1 atom stereocenters. The quantitative estimate of drug-likeness (QED) is 0.765. The third-order valence-corrected chi connectivity index (χ3v) is 3.35. The molecule has 2 aromatic rings. The molecule has 0 fully saturated rings. The zero-order chi connectivity index (χ0) is 11.7. The van der Waals surface area contributed by atoms with Gasteiger partial charge in [0.2, 0.25) is 0 Å². The van der Waals surface area contributed by atoms with E-state index in [4.69, 9.17) is 4.74 Å². The molecule has 0 radical (unpaired) electrons. The molecule has 2 aromatic carbocycles. The minimum atomic E-state index is -0.905. The summed E-state index contributed by atoms with van der Waals surface area (Å²) >= 11 is 0. The van der Waals surface area contributed by atoms with Crippen molar-refractivity contribution in [2.24, 2.45) is 0 Å². The molecular weight excluding hydrogens is 215 g/mol. The Morgan fingerprint density at radius 2 is 1.71 bits per heavy atom. The van der Waals surface area contributed by atoms with Crippen LogP contribution in [0.4, 0.5) is 4.39 Å². The van der Waals surface area contributed by atoms with Crippen molar-refractivity contribution in [1.82, 2.24) is 0 Å². The van der Waals surface area contributed by atoms with E-state index in [9.17, 15) is 4.39 Å². The van der Waals surface area contributed by atoms with Crippen molar-refractivity contribution in [3.8, 4) is 0 Å². The van der Waals surface area contributed by atoms with E-state index in [0.29, 0.717) is 6.61 Å². The second kappa shape index (κ2) is 3.97. The molecule has 0 saturated heterocycles. The molecule has 0 amide bonds. The smallest absolute Gasteiger partial charge is 0.147 e. The van der Waals surface area contributed by atoms with Crippen molar-refractivity contribution >= 4 is 0 Å². The highest BCUT2D eigenvalue weighted by Gasteiger charge is 2.41. The minimum Gasteiger partial charge on any atom is -0.358 e. The molecule has 0 bridgehead atoms. The summed E-state index contributed by atoms with van der Waals surface area (Å²) in [5.74, 6) is 0. The number of alkyl halides is 1. The van der Waals surface area contributed by atoms with E-state index < -0.39 is 12.3 Å². The monoisotopic (exact) mass is 228 g/mol. The highest BCUT2D eigenvalue weighted by Crippen LogP contribution is 2.42. The van der Waals surface area contributed by atoms with Gasteiger partial charge in [-0.25, -0.2) is 4.39 Å². The average molecular weight is 228 g/mol. The molecule has 3 rings (SSSR count). The highest BCUT2D eigenvalue weighted by molar-refractivity contribution is 5.44. The van der Waals surface area contributed by atoms with E-state index >= 15 is 0 Å². The fourth-order valence-corrected chi connectivity index (χ4v) is 2.45. The molecule has 86 valence electrons. The van der Waals surface area contributed by atoms with Crippen LogP contribution in [0.2, 0.25) is 0 Å². The van der Waals surface area contributed by atoms with Gasteiger partial charge < -0.3 is 4.74 Å². The van der Waals surface area contributed by atoms with Gasteiger partial charge in [-0.05, 0) is 16.7 Å². The molecule has 1 aliphatic heterocycles. The minimum absolute atomic E-state index is 0.481. The maximum absolute atomic E-state index is 13.6. The van der Waals surface area contributed by atoms with Crippen LogP contribution in [-0.4, -0.2) is 6.67 Å². The van der Waals surface area contributed by atoms with Crippen LogP contribution in [0.15, 0.2) is 54.6 Å². The van der Waals surface area contributed by atoms with Crippen LogP contribution in [0.5, 0.6) is 0 Å². The van der Waals surface area contributed by atoms with Gasteiger partial charge in [0, 0.05) is 0 Å². The normalized spacial score (nSPS) is 22.4. The first-order valence-corrected chi connectivity index (χ1v) is 5.71. The molecule has 1 nitrogen and oxygen atoms in total. The number of ether oxygens (including phenoxy) is 1. The van der Waals surface area contributed by atoms with E-state index in [2.05, 4.69) is 0 Å². The summed E-state index contributed by atoms with van der Waals surface area (Å²) < 4.78 is 19.4. The van der Waals surface area contributed by atoms with E-state index in [1.165, 1.54) is 0 Å². The van der Waals surface area contributed by atoms with Gasteiger partial charge in [0.25, 0.3) is 0 Å². The predicted octanol–water partition coefficient (Wildman–Crippen LogP) is 3.43. The van der Waals surface area contributed by atoms with Crippen LogP contribution in [0.25, 0.3) is 0 Å². The lowest BCUT2D eigenvalue weighted by Crippen LogP contribution is -2.29. The number of hydrogen-bond acceptors (Lipinski definition) is 1. The summed E-state index contributed by atoms with van der Waals surface area (Å²) in [6.07, 6.45) is 0. The first-order chi connectivity index (χ1) is 8.37. The lowest BCUT2D eigenvalue weighted by Gasteiger charge is -2.26. The molecule has 1 heterocycles. The molecule has 2 heteroatoms. The van der Waals surface area contributed by atoms with Gasteiger partial charge in [-0.15, -0.1) is 0 Å². The first-order valence-electron chi connectivity index (χ1n) is 5.71. The van der Waals surface area contributed by atoms with E-state index in [1.807, 2.05) is 54.6 Å². The largest absolute Gasteiger partial charge is 0.358 e. The maximum Gasteiger partial charge on any atom is 0.147 e. The zero-order valence-corrected chi connectivity index (χ0v) is 9.40. The van der Waals surface area contributed by atoms with Gasteiger partial charge in [0.1, 0.15) is 12.3 Å². The lowest BCUT2D eigenvalue weighted by atomic mass is 9.87. The molecular formula is C15H13FO. The Hall–Kier alpha value is -1.67. The van der Waals surface area contributed by atoms with Gasteiger partial charge in [-0.2, -0.15) is 0 Å². The molecule has 0 saturated carbocycles. The van der Waals surface area contributed by atoms with Gasteiger partial charge in [-0.3, -0.25) is 0 Å². The van der Waals surface area contributed by atoms with Crippen LogP contribution >= 0.6 is 0 Å². The second-order valence-electron chi connectivity index (χ2n) is 4.27. The van der Waals surface area contributed by atoms with Crippen molar-refractivity contribution < 1.29 is 9.13 Å². The highest BCUT2D eigenvalue weighted by atomic mass is 19.1. The third-order valence-electron chi connectivity index (χ3n) is 3.35. The summed E-state index contributed by atoms with van der Waals surface area (Å²) in [7, 11) is 0. The number of fused-ring (bicyclic) bond motifs is 1. The molecule has 0 unspecified atom stereocenters. The molecule has 0 aromatic heterocycles. The first kappa shape index (κ1) is 10.5. The van der Waals surface area contributed by atoms with Crippen LogP contribution in [0.1, 0.15) is 16.7 Å². The Labute approximate surface area is 99.9 Å². The summed E-state index contributed by atoms with van der Waals surface area (Å²) in [6, 6.07) is 17.4. The van der Waals surface area contributed by atoms with Crippen molar-refractivity contribution in [3.63, 3.8) is 0 Å². The van der Waals surface area contributed by atoms with E-state index in [-0.39, 0.29) is 0 Å². The SMILES string of the molecule is FC[C@]1(c2ccccc2)OCc2ccccc21. The summed E-state index contributed by atoms with van der Waals surface area (Å²) in [4.78, 5) is 0. The van der Waals surface area contributed by atoms with Crippen molar-refractivity contribution in [2.75, 3.05) is 6.67 Å². The van der Waals surface area contributed by atoms with E-state index in [1.54, 1.807) is 0 Å². The Bertz CT molecular complexity index is 523. The zero-order valence-electron chi connectivity index (χ0n) is 9.40. The van der Waals surface area contributed by atoms with Gasteiger partial charge in [0.15, 0.2) is 0 Å². The van der Waals surface area contributed by atoms with Gasteiger partial charge >= 0.3 is 0 Å². The summed E-state index contributed by atoms with van der Waals surface area (Å²) in [5.41, 5.74) is 2.01. The number of rotatable bonds is 2. The molecule has 0 spiro atoms. The lowest BCUT2D eigenvalue weighted by molar-refractivity contribution is -0.0223. The Morgan fingerprint density at radius 1 is 1.00 bits per heavy atom.